The molecule has 0 amide bonds. The lowest BCUT2D eigenvalue weighted by molar-refractivity contribution is 0.183. The van der Waals surface area contributed by atoms with Crippen molar-refractivity contribution in [2.24, 2.45) is 11.7 Å². The molecule has 4 nitrogen and oxygen atoms in total. The van der Waals surface area contributed by atoms with Crippen LogP contribution in [-0.2, 0) is 10.0 Å². The molecule has 0 unspecified atom stereocenters. The SMILES string of the molecule is CCN(C(CC)(CC)CN)S(=O)(=O)CC1CCCCC1. The van der Waals surface area contributed by atoms with E-state index in [1.54, 1.807) is 4.31 Å². The van der Waals surface area contributed by atoms with E-state index in [4.69, 9.17) is 5.73 Å². The predicted molar refractivity (Wildman–Crippen MR) is 85.1 cm³/mol. The van der Waals surface area contributed by atoms with Gasteiger partial charge >= 0.3 is 0 Å². The molecule has 0 radical (unpaired) electrons. The highest BCUT2D eigenvalue weighted by atomic mass is 32.2. The molecule has 1 fully saturated rings. The van der Waals surface area contributed by atoms with Gasteiger partial charge in [0, 0.05) is 18.6 Å². The summed E-state index contributed by atoms with van der Waals surface area (Å²) in [6.07, 6.45) is 7.28. The van der Waals surface area contributed by atoms with Gasteiger partial charge < -0.3 is 5.73 Å². The van der Waals surface area contributed by atoms with Crippen molar-refractivity contribution in [3.8, 4) is 0 Å². The molecule has 0 aromatic heterocycles. The fraction of sp³-hybridized carbons (Fsp3) is 1.00. The summed E-state index contributed by atoms with van der Waals surface area (Å²) in [5.41, 5.74) is 5.53. The van der Waals surface area contributed by atoms with Gasteiger partial charge in [0.1, 0.15) is 0 Å². The van der Waals surface area contributed by atoms with Crippen molar-refractivity contribution in [2.75, 3.05) is 18.8 Å². The number of sulfonamides is 1. The van der Waals surface area contributed by atoms with Crippen LogP contribution in [0.1, 0.15) is 65.7 Å². The smallest absolute Gasteiger partial charge is 0.214 e. The molecule has 5 heteroatoms. The van der Waals surface area contributed by atoms with Crippen LogP contribution in [-0.4, -0.2) is 37.1 Å². The van der Waals surface area contributed by atoms with Crippen LogP contribution in [0, 0.1) is 5.92 Å². The lowest BCUT2D eigenvalue weighted by Crippen LogP contribution is -2.56. The van der Waals surface area contributed by atoms with Crippen LogP contribution in [0.2, 0.25) is 0 Å². The zero-order valence-corrected chi connectivity index (χ0v) is 14.2. The first kappa shape index (κ1) is 17.9. The Labute approximate surface area is 125 Å². The number of hydrogen-bond acceptors (Lipinski definition) is 3. The summed E-state index contributed by atoms with van der Waals surface area (Å²) in [5.74, 6) is 0.648. The van der Waals surface area contributed by atoms with E-state index in [0.29, 0.717) is 24.8 Å². The van der Waals surface area contributed by atoms with Crippen LogP contribution in [0.3, 0.4) is 0 Å². The van der Waals surface area contributed by atoms with Gasteiger partial charge in [-0.1, -0.05) is 40.0 Å². The van der Waals surface area contributed by atoms with Crippen LogP contribution < -0.4 is 5.73 Å². The molecule has 1 aliphatic carbocycles. The Morgan fingerprint density at radius 3 is 2.05 bits per heavy atom. The molecule has 0 aromatic rings. The molecule has 0 saturated heterocycles. The van der Waals surface area contributed by atoms with E-state index in [2.05, 4.69) is 0 Å². The van der Waals surface area contributed by atoms with Gasteiger partial charge in [0.2, 0.25) is 10.0 Å². The third-order valence-corrected chi connectivity index (χ3v) is 7.23. The van der Waals surface area contributed by atoms with Crippen molar-refractivity contribution < 1.29 is 8.42 Å². The highest BCUT2D eigenvalue weighted by molar-refractivity contribution is 7.89. The first-order valence-electron chi connectivity index (χ1n) is 8.16. The molecule has 0 atom stereocenters. The Bertz CT molecular complexity index is 363. The van der Waals surface area contributed by atoms with E-state index in [0.717, 1.165) is 25.7 Å². The Hall–Kier alpha value is -0.130. The summed E-state index contributed by atoms with van der Waals surface area (Å²) >= 11 is 0. The molecule has 1 saturated carbocycles. The molecule has 20 heavy (non-hydrogen) atoms. The van der Waals surface area contributed by atoms with Gasteiger partial charge in [-0.2, -0.15) is 4.31 Å². The summed E-state index contributed by atoms with van der Waals surface area (Å²) in [6, 6.07) is 0. The Morgan fingerprint density at radius 1 is 1.10 bits per heavy atom. The van der Waals surface area contributed by atoms with E-state index < -0.39 is 15.6 Å². The van der Waals surface area contributed by atoms with Crippen molar-refractivity contribution in [3.63, 3.8) is 0 Å². The predicted octanol–water partition coefficient (Wildman–Crippen LogP) is 2.74. The molecule has 120 valence electrons. The monoisotopic (exact) mass is 304 g/mol. The summed E-state index contributed by atoms with van der Waals surface area (Å²) in [5, 5.41) is 0. The van der Waals surface area contributed by atoms with Gasteiger partial charge in [-0.3, -0.25) is 0 Å². The highest BCUT2D eigenvalue weighted by Crippen LogP contribution is 2.30. The Morgan fingerprint density at radius 2 is 1.65 bits per heavy atom. The zero-order chi connectivity index (χ0) is 15.2. The van der Waals surface area contributed by atoms with Gasteiger partial charge in [0.05, 0.1) is 5.75 Å². The molecular formula is C15H32N2O2S. The van der Waals surface area contributed by atoms with Crippen LogP contribution in [0.5, 0.6) is 0 Å². The lowest BCUT2D eigenvalue weighted by Gasteiger charge is -2.41. The number of rotatable bonds is 8. The van der Waals surface area contributed by atoms with Crippen LogP contribution >= 0.6 is 0 Å². The fourth-order valence-corrected chi connectivity index (χ4v) is 5.99. The number of nitrogens with zero attached hydrogens (tertiary/aromatic N) is 1. The van der Waals surface area contributed by atoms with Crippen LogP contribution in [0.15, 0.2) is 0 Å². The molecule has 0 heterocycles. The topological polar surface area (TPSA) is 63.4 Å². The number of hydrogen-bond donors (Lipinski definition) is 1. The summed E-state index contributed by atoms with van der Waals surface area (Å²) < 4.78 is 27.3. The van der Waals surface area contributed by atoms with Crippen molar-refractivity contribution in [1.29, 1.82) is 0 Å². The molecule has 1 aliphatic rings. The summed E-state index contributed by atoms with van der Waals surface area (Å²) in [7, 11) is -3.21. The van der Waals surface area contributed by atoms with Gasteiger partial charge in [0.25, 0.3) is 0 Å². The average molecular weight is 305 g/mol. The molecule has 0 aliphatic heterocycles. The van der Waals surface area contributed by atoms with E-state index in [9.17, 15) is 8.42 Å². The quantitative estimate of drug-likeness (QED) is 0.750. The third-order valence-electron chi connectivity index (χ3n) is 5.02. The van der Waals surface area contributed by atoms with E-state index >= 15 is 0 Å². The minimum atomic E-state index is -3.21. The molecular weight excluding hydrogens is 272 g/mol. The van der Waals surface area contributed by atoms with Gasteiger partial charge in [-0.05, 0) is 31.6 Å². The lowest BCUT2D eigenvalue weighted by atomic mass is 9.91. The average Bonchev–Trinajstić information content (AvgIpc) is 2.45. The minimum absolute atomic E-state index is 0.308. The number of nitrogens with two attached hydrogens (primary N) is 1. The zero-order valence-electron chi connectivity index (χ0n) is 13.4. The second-order valence-electron chi connectivity index (χ2n) is 6.08. The first-order valence-corrected chi connectivity index (χ1v) is 9.77. The summed E-state index contributed by atoms with van der Waals surface area (Å²) in [4.78, 5) is 0. The van der Waals surface area contributed by atoms with E-state index in [1.165, 1.54) is 19.3 Å². The van der Waals surface area contributed by atoms with E-state index in [-0.39, 0.29) is 0 Å². The van der Waals surface area contributed by atoms with Crippen molar-refractivity contribution in [2.45, 2.75) is 71.3 Å². The molecule has 2 N–H and O–H groups in total. The van der Waals surface area contributed by atoms with Crippen LogP contribution in [0.25, 0.3) is 0 Å². The van der Waals surface area contributed by atoms with Crippen molar-refractivity contribution in [3.05, 3.63) is 0 Å². The van der Waals surface area contributed by atoms with Gasteiger partial charge in [-0.15, -0.1) is 0 Å². The molecule has 0 bridgehead atoms. The van der Waals surface area contributed by atoms with Gasteiger partial charge in [0.15, 0.2) is 0 Å². The largest absolute Gasteiger partial charge is 0.329 e. The maximum absolute atomic E-state index is 12.8. The van der Waals surface area contributed by atoms with Crippen molar-refractivity contribution in [1.82, 2.24) is 4.31 Å². The van der Waals surface area contributed by atoms with Crippen LogP contribution in [0.4, 0.5) is 0 Å². The minimum Gasteiger partial charge on any atom is -0.329 e. The Balaban J connectivity index is 2.90. The normalized spacial score (nSPS) is 18.6. The second kappa shape index (κ2) is 7.76. The highest BCUT2D eigenvalue weighted by Gasteiger charge is 2.39. The third kappa shape index (κ3) is 3.95. The maximum Gasteiger partial charge on any atom is 0.214 e. The first-order chi connectivity index (χ1) is 9.45. The molecule has 0 spiro atoms. The van der Waals surface area contributed by atoms with E-state index in [1.807, 2.05) is 20.8 Å². The maximum atomic E-state index is 12.8. The van der Waals surface area contributed by atoms with Crippen molar-refractivity contribution >= 4 is 10.0 Å². The Kier molecular flexibility index (Phi) is 6.95. The van der Waals surface area contributed by atoms with Gasteiger partial charge in [-0.25, -0.2) is 8.42 Å². The molecule has 0 aromatic carbocycles. The standard InChI is InChI=1S/C15H32N2O2S/c1-4-15(5-2,13-16)17(6-3)20(18,19)12-14-10-8-7-9-11-14/h14H,4-13,16H2,1-3H3. The second-order valence-corrected chi connectivity index (χ2v) is 8.02. The molecule has 1 rings (SSSR count). The fourth-order valence-electron chi connectivity index (χ4n) is 3.56. The summed E-state index contributed by atoms with van der Waals surface area (Å²) in [6.45, 7) is 6.92. The number of likely N-dealkylation sites (N-methyl/N-ethyl adjacent to an activating group) is 1.